The number of benzene rings is 1. The third kappa shape index (κ3) is 3.45. The van der Waals surface area contributed by atoms with Gasteiger partial charge in [0.25, 0.3) is 5.91 Å². The first-order chi connectivity index (χ1) is 8.60. The number of amides is 1. The molecule has 1 aliphatic rings. The number of hydrogen-bond acceptors (Lipinski definition) is 1. The lowest BCUT2D eigenvalue weighted by molar-refractivity contribution is 0.0928. The quantitative estimate of drug-likeness (QED) is 0.866. The van der Waals surface area contributed by atoms with E-state index in [0.29, 0.717) is 5.02 Å². The van der Waals surface area contributed by atoms with Gasteiger partial charge in [-0.15, -0.1) is 0 Å². The topological polar surface area (TPSA) is 29.1 Å². The fourth-order valence-electron chi connectivity index (χ4n) is 2.02. The summed E-state index contributed by atoms with van der Waals surface area (Å²) < 4.78 is 13.5. The van der Waals surface area contributed by atoms with E-state index < -0.39 is 5.82 Å². The Morgan fingerprint density at radius 1 is 1.56 bits per heavy atom. The Morgan fingerprint density at radius 3 is 2.89 bits per heavy atom. The van der Waals surface area contributed by atoms with Gasteiger partial charge in [0.05, 0.1) is 5.56 Å². The zero-order valence-electron chi connectivity index (χ0n) is 10.4. The molecule has 0 aromatic heterocycles. The van der Waals surface area contributed by atoms with Crippen LogP contribution in [0.2, 0.25) is 5.02 Å². The molecule has 0 heterocycles. The van der Waals surface area contributed by atoms with Gasteiger partial charge in [-0.2, -0.15) is 0 Å². The van der Waals surface area contributed by atoms with Crippen molar-refractivity contribution in [3.05, 3.63) is 34.6 Å². The summed E-state index contributed by atoms with van der Waals surface area (Å²) in [5.41, 5.74) is 0.0248. The maximum Gasteiger partial charge on any atom is 0.254 e. The second-order valence-corrected chi connectivity index (χ2v) is 5.32. The molecular formula is C14H17ClFNO. The molecule has 1 atom stereocenters. The maximum atomic E-state index is 13.5. The highest BCUT2D eigenvalue weighted by Gasteiger charge is 2.26. The highest BCUT2D eigenvalue weighted by Crippen LogP contribution is 2.34. The van der Waals surface area contributed by atoms with Gasteiger partial charge in [0, 0.05) is 11.1 Å². The van der Waals surface area contributed by atoms with Crippen molar-refractivity contribution < 1.29 is 9.18 Å². The van der Waals surface area contributed by atoms with Gasteiger partial charge in [-0.3, -0.25) is 4.79 Å². The normalized spacial score (nSPS) is 16.4. The van der Waals surface area contributed by atoms with Crippen molar-refractivity contribution >= 4 is 17.5 Å². The predicted octanol–water partition coefficient (Wildman–Crippen LogP) is 3.79. The van der Waals surface area contributed by atoms with Gasteiger partial charge in [0.2, 0.25) is 0 Å². The lowest BCUT2D eigenvalue weighted by atomic mass is 10.1. The number of carbonyl (C=O) groups excluding carboxylic acids is 1. The number of halogens is 2. The largest absolute Gasteiger partial charge is 0.349 e. The molecule has 1 aliphatic carbocycles. The van der Waals surface area contributed by atoms with E-state index in [2.05, 4.69) is 5.32 Å². The van der Waals surface area contributed by atoms with Crippen LogP contribution in [-0.2, 0) is 0 Å². The van der Waals surface area contributed by atoms with E-state index >= 15 is 0 Å². The van der Waals surface area contributed by atoms with Crippen molar-refractivity contribution in [2.75, 3.05) is 0 Å². The SMILES string of the molecule is CCC(CC1CC1)NC(=O)c1cc(Cl)ccc1F. The molecule has 0 spiro atoms. The van der Waals surface area contributed by atoms with Gasteiger partial charge < -0.3 is 5.32 Å². The molecule has 1 amide bonds. The summed E-state index contributed by atoms with van der Waals surface area (Å²) in [5, 5.41) is 3.26. The minimum atomic E-state index is -0.529. The Hall–Kier alpha value is -1.09. The van der Waals surface area contributed by atoms with Crippen molar-refractivity contribution in [1.29, 1.82) is 0 Å². The van der Waals surface area contributed by atoms with E-state index in [9.17, 15) is 9.18 Å². The van der Waals surface area contributed by atoms with Gasteiger partial charge in [-0.1, -0.05) is 31.4 Å². The second-order valence-electron chi connectivity index (χ2n) is 4.88. The monoisotopic (exact) mass is 269 g/mol. The molecule has 0 radical (unpaired) electrons. The third-order valence-corrected chi connectivity index (χ3v) is 3.55. The first-order valence-electron chi connectivity index (χ1n) is 6.36. The molecule has 18 heavy (non-hydrogen) atoms. The molecule has 4 heteroatoms. The van der Waals surface area contributed by atoms with Crippen LogP contribution in [0.4, 0.5) is 4.39 Å². The van der Waals surface area contributed by atoms with Crippen LogP contribution in [0.3, 0.4) is 0 Å². The Bertz CT molecular complexity index is 445. The highest BCUT2D eigenvalue weighted by atomic mass is 35.5. The summed E-state index contributed by atoms with van der Waals surface area (Å²) in [5.74, 6) is -0.167. The molecule has 2 nitrogen and oxygen atoms in total. The molecular weight excluding hydrogens is 253 g/mol. The van der Waals surface area contributed by atoms with Crippen LogP contribution in [0.1, 0.15) is 43.0 Å². The Morgan fingerprint density at radius 2 is 2.28 bits per heavy atom. The summed E-state index contributed by atoms with van der Waals surface area (Å²) in [4.78, 5) is 12.0. The zero-order valence-corrected chi connectivity index (χ0v) is 11.1. The number of rotatable bonds is 5. The molecule has 1 aromatic rings. The van der Waals surface area contributed by atoms with E-state index in [1.54, 1.807) is 0 Å². The summed E-state index contributed by atoms with van der Waals surface area (Å²) in [6.07, 6.45) is 4.35. The minimum Gasteiger partial charge on any atom is -0.349 e. The summed E-state index contributed by atoms with van der Waals surface area (Å²) >= 11 is 5.78. The lowest BCUT2D eigenvalue weighted by Gasteiger charge is -2.17. The Labute approximate surface area is 112 Å². The lowest BCUT2D eigenvalue weighted by Crippen LogP contribution is -2.35. The number of nitrogens with one attached hydrogen (secondary N) is 1. The molecule has 0 bridgehead atoms. The summed E-state index contributed by atoms with van der Waals surface area (Å²) in [6.45, 7) is 2.03. The van der Waals surface area contributed by atoms with E-state index in [1.165, 1.54) is 31.0 Å². The fourth-order valence-corrected chi connectivity index (χ4v) is 2.19. The summed E-state index contributed by atoms with van der Waals surface area (Å²) in [6, 6.07) is 4.16. The molecule has 1 fully saturated rings. The smallest absolute Gasteiger partial charge is 0.254 e. The molecule has 1 saturated carbocycles. The first-order valence-corrected chi connectivity index (χ1v) is 6.74. The van der Waals surface area contributed by atoms with Crippen LogP contribution in [0.15, 0.2) is 18.2 Å². The zero-order chi connectivity index (χ0) is 13.1. The van der Waals surface area contributed by atoms with Crippen LogP contribution < -0.4 is 5.32 Å². The average Bonchev–Trinajstić information content (AvgIpc) is 3.15. The van der Waals surface area contributed by atoms with Gasteiger partial charge in [-0.05, 0) is 37.0 Å². The first kappa shape index (κ1) is 13.3. The average molecular weight is 270 g/mol. The minimum absolute atomic E-state index is 0.0248. The van der Waals surface area contributed by atoms with Gasteiger partial charge in [0.1, 0.15) is 5.82 Å². The van der Waals surface area contributed by atoms with Crippen LogP contribution >= 0.6 is 11.6 Å². The van der Waals surface area contributed by atoms with E-state index in [-0.39, 0.29) is 17.5 Å². The van der Waals surface area contributed by atoms with Crippen molar-refractivity contribution in [3.8, 4) is 0 Å². The van der Waals surface area contributed by atoms with Crippen molar-refractivity contribution in [2.24, 2.45) is 5.92 Å². The molecule has 1 N–H and O–H groups in total. The predicted molar refractivity (Wildman–Crippen MR) is 70.3 cm³/mol. The Kier molecular flexibility index (Phi) is 4.23. The van der Waals surface area contributed by atoms with Crippen LogP contribution in [-0.4, -0.2) is 11.9 Å². The molecule has 1 unspecified atom stereocenters. The molecule has 0 aliphatic heterocycles. The molecule has 0 saturated heterocycles. The number of hydrogen-bond donors (Lipinski definition) is 1. The van der Waals surface area contributed by atoms with E-state index in [0.717, 1.165) is 18.8 Å². The highest BCUT2D eigenvalue weighted by molar-refractivity contribution is 6.31. The van der Waals surface area contributed by atoms with Gasteiger partial charge >= 0.3 is 0 Å². The fraction of sp³-hybridized carbons (Fsp3) is 0.500. The summed E-state index contributed by atoms with van der Waals surface area (Å²) in [7, 11) is 0. The van der Waals surface area contributed by atoms with E-state index in [4.69, 9.17) is 11.6 Å². The van der Waals surface area contributed by atoms with Crippen molar-refractivity contribution in [1.82, 2.24) is 5.32 Å². The maximum absolute atomic E-state index is 13.5. The van der Waals surface area contributed by atoms with Crippen LogP contribution in [0.25, 0.3) is 0 Å². The van der Waals surface area contributed by atoms with Crippen LogP contribution in [0.5, 0.6) is 0 Å². The number of carbonyl (C=O) groups is 1. The standard InChI is InChI=1S/C14H17ClFNO/c1-2-11(7-9-3-4-9)17-14(18)12-8-10(15)5-6-13(12)16/h5-6,8-9,11H,2-4,7H2,1H3,(H,17,18). The van der Waals surface area contributed by atoms with Crippen LogP contribution in [0, 0.1) is 11.7 Å². The molecule has 1 aromatic carbocycles. The second kappa shape index (κ2) is 5.70. The van der Waals surface area contributed by atoms with Crippen molar-refractivity contribution in [2.45, 2.75) is 38.6 Å². The molecule has 98 valence electrons. The van der Waals surface area contributed by atoms with Gasteiger partial charge in [0.15, 0.2) is 0 Å². The third-order valence-electron chi connectivity index (χ3n) is 3.32. The van der Waals surface area contributed by atoms with Gasteiger partial charge in [-0.25, -0.2) is 4.39 Å². The van der Waals surface area contributed by atoms with E-state index in [1.807, 2.05) is 6.92 Å². The molecule has 2 rings (SSSR count). The van der Waals surface area contributed by atoms with Crippen molar-refractivity contribution in [3.63, 3.8) is 0 Å². The Balaban J connectivity index is 2.02.